The third-order valence-electron chi connectivity index (χ3n) is 4.90. The lowest BCUT2D eigenvalue weighted by Gasteiger charge is -2.09. The number of hydrogen-bond donors (Lipinski definition) is 1. The van der Waals surface area contributed by atoms with Crippen molar-refractivity contribution in [3.63, 3.8) is 0 Å². The molecule has 0 amide bonds. The Hall–Kier alpha value is -3.57. The van der Waals surface area contributed by atoms with Gasteiger partial charge in [0.2, 0.25) is 0 Å². The van der Waals surface area contributed by atoms with Gasteiger partial charge in [-0.15, -0.1) is 0 Å². The van der Waals surface area contributed by atoms with Gasteiger partial charge in [-0.3, -0.25) is 14.1 Å². The van der Waals surface area contributed by atoms with Crippen molar-refractivity contribution in [2.24, 2.45) is 0 Å². The Morgan fingerprint density at radius 3 is 2.39 bits per heavy atom. The number of alkyl halides is 3. The zero-order valence-corrected chi connectivity index (χ0v) is 16.4. The number of para-hydroxylation sites is 2. The first-order valence-electron chi connectivity index (χ1n) is 9.60. The number of pyridine rings is 1. The highest BCUT2D eigenvalue weighted by Crippen LogP contribution is 2.24. The summed E-state index contributed by atoms with van der Waals surface area (Å²) in [5.41, 5.74) is 0.898. The second-order valence-electron chi connectivity index (χ2n) is 7.00. The fourth-order valence-electron chi connectivity index (χ4n) is 3.58. The van der Waals surface area contributed by atoms with E-state index in [0.717, 1.165) is 15.3 Å². The highest BCUT2D eigenvalue weighted by atomic mass is 19.4. The van der Waals surface area contributed by atoms with Crippen LogP contribution in [0.4, 0.5) is 13.2 Å². The lowest BCUT2D eigenvalue weighted by molar-refractivity contribution is -0.140. The van der Waals surface area contributed by atoms with Crippen LogP contribution in [0.5, 0.6) is 0 Å². The van der Waals surface area contributed by atoms with E-state index < -0.39 is 18.4 Å². The minimum absolute atomic E-state index is 0.0296. The van der Waals surface area contributed by atoms with Crippen molar-refractivity contribution in [2.75, 3.05) is 6.61 Å². The second kappa shape index (κ2) is 8.28. The Morgan fingerprint density at radius 1 is 1.00 bits per heavy atom. The van der Waals surface area contributed by atoms with Crippen molar-refractivity contribution in [1.82, 2.24) is 14.1 Å². The van der Waals surface area contributed by atoms with Crippen LogP contribution in [-0.2, 0) is 13.1 Å². The molecule has 0 spiro atoms. The van der Waals surface area contributed by atoms with Gasteiger partial charge >= 0.3 is 11.9 Å². The van der Waals surface area contributed by atoms with Gasteiger partial charge in [0.05, 0.1) is 35.4 Å². The molecule has 0 bridgehead atoms. The number of fused-ring (bicyclic) bond motifs is 2. The van der Waals surface area contributed by atoms with Gasteiger partial charge in [-0.2, -0.15) is 13.2 Å². The van der Waals surface area contributed by atoms with Crippen LogP contribution in [-0.4, -0.2) is 32.0 Å². The van der Waals surface area contributed by atoms with Gasteiger partial charge in [0.1, 0.15) is 6.54 Å². The summed E-state index contributed by atoms with van der Waals surface area (Å²) >= 11 is 0. The van der Waals surface area contributed by atoms with Crippen LogP contribution in [0.1, 0.15) is 17.7 Å². The van der Waals surface area contributed by atoms with Crippen molar-refractivity contribution in [1.29, 1.82) is 0 Å². The van der Waals surface area contributed by atoms with Crippen molar-refractivity contribution >= 4 is 21.8 Å². The maximum absolute atomic E-state index is 13.1. The van der Waals surface area contributed by atoms with Crippen molar-refractivity contribution < 1.29 is 18.3 Å². The molecule has 0 aliphatic heterocycles. The fraction of sp³-hybridized carbons (Fsp3) is 0.217. The topological polar surface area (TPSA) is 60.1 Å². The summed E-state index contributed by atoms with van der Waals surface area (Å²) in [7, 11) is 0. The molecule has 0 atom stereocenters. The van der Waals surface area contributed by atoms with Crippen LogP contribution >= 0.6 is 0 Å². The van der Waals surface area contributed by atoms with E-state index in [-0.39, 0.29) is 25.1 Å². The van der Waals surface area contributed by atoms with Crippen molar-refractivity contribution in [2.45, 2.75) is 25.7 Å². The van der Waals surface area contributed by atoms with Gasteiger partial charge in [0.25, 0.3) is 0 Å². The predicted octanol–water partition coefficient (Wildman–Crippen LogP) is 3.70. The van der Waals surface area contributed by atoms with Crippen LogP contribution in [0, 0.1) is 11.8 Å². The molecule has 158 valence electrons. The highest BCUT2D eigenvalue weighted by molar-refractivity contribution is 5.88. The standard InChI is InChI=1S/C23H18F3N3O2/c24-23(25,26)15-29-21-11-4-3-10-20(21)28(22(29)31)14-19-18(9-5-6-12-30)17-8-2-1-7-16(17)13-27-19/h1-4,7-8,10-11,13,30H,6,12,14-15H2. The molecule has 0 aliphatic rings. The molecule has 0 saturated heterocycles. The van der Waals surface area contributed by atoms with Crippen LogP contribution < -0.4 is 5.69 Å². The van der Waals surface area contributed by atoms with Gasteiger partial charge in [-0.1, -0.05) is 48.2 Å². The molecular formula is C23H18F3N3O2. The summed E-state index contributed by atoms with van der Waals surface area (Å²) < 4.78 is 41.2. The second-order valence-corrected chi connectivity index (χ2v) is 7.00. The number of halogens is 3. The molecule has 4 rings (SSSR count). The molecule has 0 saturated carbocycles. The Kier molecular flexibility index (Phi) is 5.53. The number of benzene rings is 2. The van der Waals surface area contributed by atoms with E-state index in [1.54, 1.807) is 24.4 Å². The normalized spacial score (nSPS) is 11.6. The first-order chi connectivity index (χ1) is 14.9. The first kappa shape index (κ1) is 20.7. The molecule has 2 aromatic heterocycles. The highest BCUT2D eigenvalue weighted by Gasteiger charge is 2.30. The smallest absolute Gasteiger partial charge is 0.395 e. The molecule has 0 radical (unpaired) electrons. The monoisotopic (exact) mass is 425 g/mol. The SMILES string of the molecule is O=c1n(Cc2ncc3ccccc3c2C#CCCO)c2ccccc2n1CC(F)(F)F. The third-order valence-corrected chi connectivity index (χ3v) is 4.90. The van der Waals surface area contributed by atoms with Crippen molar-refractivity contribution in [3.8, 4) is 11.8 Å². The van der Waals surface area contributed by atoms with Gasteiger partial charge in [0.15, 0.2) is 0 Å². The molecule has 0 fully saturated rings. The predicted molar refractivity (Wildman–Crippen MR) is 112 cm³/mol. The maximum atomic E-state index is 13.1. The van der Waals surface area contributed by atoms with Gasteiger partial charge < -0.3 is 5.11 Å². The number of aliphatic hydroxyl groups excluding tert-OH is 1. The summed E-state index contributed by atoms with van der Waals surface area (Å²) in [5.74, 6) is 5.89. The van der Waals surface area contributed by atoms with E-state index in [1.165, 1.54) is 10.6 Å². The Balaban J connectivity index is 1.89. The van der Waals surface area contributed by atoms with Crippen LogP contribution in [0.3, 0.4) is 0 Å². The third kappa shape index (κ3) is 4.18. The fourth-order valence-corrected chi connectivity index (χ4v) is 3.58. The molecule has 5 nitrogen and oxygen atoms in total. The lowest BCUT2D eigenvalue weighted by atomic mass is 10.0. The van der Waals surface area contributed by atoms with E-state index in [2.05, 4.69) is 16.8 Å². The van der Waals surface area contributed by atoms with E-state index in [4.69, 9.17) is 5.11 Å². The maximum Gasteiger partial charge on any atom is 0.406 e. The molecule has 8 heteroatoms. The minimum atomic E-state index is -4.53. The van der Waals surface area contributed by atoms with Crippen LogP contribution in [0.25, 0.3) is 21.8 Å². The zero-order chi connectivity index (χ0) is 22.0. The Morgan fingerprint density at radius 2 is 1.68 bits per heavy atom. The molecule has 0 unspecified atom stereocenters. The Labute approximate surface area is 175 Å². The average molecular weight is 425 g/mol. The molecule has 1 N–H and O–H groups in total. The van der Waals surface area contributed by atoms with Crippen LogP contribution in [0.15, 0.2) is 59.5 Å². The molecule has 2 aromatic carbocycles. The summed E-state index contributed by atoms with van der Waals surface area (Å²) in [6, 6.07) is 13.8. The average Bonchev–Trinajstić information content (AvgIpc) is 3.00. The first-order valence-corrected chi connectivity index (χ1v) is 9.60. The minimum Gasteiger partial charge on any atom is -0.395 e. The molecule has 0 aliphatic carbocycles. The summed E-state index contributed by atoms with van der Waals surface area (Å²) in [4.78, 5) is 17.4. The van der Waals surface area contributed by atoms with Gasteiger partial charge in [-0.25, -0.2) is 4.79 Å². The van der Waals surface area contributed by atoms with Crippen molar-refractivity contribution in [3.05, 3.63) is 76.5 Å². The molecule has 2 heterocycles. The Bertz CT molecular complexity index is 1370. The van der Waals surface area contributed by atoms with E-state index in [0.29, 0.717) is 16.8 Å². The van der Waals surface area contributed by atoms with E-state index in [9.17, 15) is 18.0 Å². The number of imidazole rings is 1. The number of hydrogen-bond acceptors (Lipinski definition) is 3. The largest absolute Gasteiger partial charge is 0.406 e. The molecule has 31 heavy (non-hydrogen) atoms. The van der Waals surface area contributed by atoms with Gasteiger partial charge in [0, 0.05) is 23.4 Å². The lowest BCUT2D eigenvalue weighted by Crippen LogP contribution is -2.30. The summed E-state index contributed by atoms with van der Waals surface area (Å²) in [6.45, 7) is -1.49. The van der Waals surface area contributed by atoms with Gasteiger partial charge in [-0.05, 0) is 12.1 Å². The quantitative estimate of drug-likeness (QED) is 0.508. The van der Waals surface area contributed by atoms with E-state index >= 15 is 0 Å². The number of aromatic nitrogens is 3. The molecular weight excluding hydrogens is 407 g/mol. The van der Waals surface area contributed by atoms with Crippen LogP contribution in [0.2, 0.25) is 0 Å². The zero-order valence-electron chi connectivity index (χ0n) is 16.4. The molecule has 4 aromatic rings. The number of nitrogens with zero attached hydrogens (tertiary/aromatic N) is 3. The van der Waals surface area contributed by atoms with E-state index in [1.807, 2.05) is 24.3 Å². The summed E-state index contributed by atoms with van der Waals surface area (Å²) in [6.07, 6.45) is -2.60. The number of aliphatic hydroxyl groups is 1. The summed E-state index contributed by atoms with van der Waals surface area (Å²) in [5, 5.41) is 10.7. The number of rotatable bonds is 4.